The molecule has 4 rings (SSSR count). The lowest BCUT2D eigenvalue weighted by Gasteiger charge is -2.24. The summed E-state index contributed by atoms with van der Waals surface area (Å²) in [5.41, 5.74) is 3.57. The van der Waals surface area contributed by atoms with E-state index >= 15 is 0 Å². The molecule has 1 N–H and O–H groups in total. The third-order valence-electron chi connectivity index (χ3n) is 4.39. The number of morpholine rings is 1. The molecule has 1 atom stereocenters. The van der Waals surface area contributed by atoms with Crippen LogP contribution in [0.5, 0.6) is 0 Å². The molecule has 1 unspecified atom stereocenters. The van der Waals surface area contributed by atoms with E-state index in [0.717, 1.165) is 41.4 Å². The van der Waals surface area contributed by atoms with Crippen molar-refractivity contribution in [3.05, 3.63) is 58.9 Å². The fourth-order valence-electron chi connectivity index (χ4n) is 2.97. The summed E-state index contributed by atoms with van der Waals surface area (Å²) in [6.07, 6.45) is 4.09. The first-order valence-corrected chi connectivity index (χ1v) is 9.46. The summed E-state index contributed by atoms with van der Waals surface area (Å²) in [6, 6.07) is 8.09. The number of Topliss-reactive ketones (excluding diaryl/α,β-unsaturated/α-hetero) is 1. The maximum Gasteiger partial charge on any atom is 0.186 e. The van der Waals surface area contributed by atoms with Crippen LogP contribution in [-0.4, -0.2) is 40.2 Å². The van der Waals surface area contributed by atoms with Crippen LogP contribution in [0, 0.1) is 0 Å². The van der Waals surface area contributed by atoms with Gasteiger partial charge >= 0.3 is 0 Å². The molecule has 1 fully saturated rings. The van der Waals surface area contributed by atoms with Crippen molar-refractivity contribution in [2.45, 2.75) is 12.5 Å². The van der Waals surface area contributed by atoms with E-state index in [1.165, 1.54) is 11.3 Å². The van der Waals surface area contributed by atoms with Crippen molar-refractivity contribution in [2.75, 3.05) is 19.7 Å². The van der Waals surface area contributed by atoms with Gasteiger partial charge in [0.05, 0.1) is 18.9 Å². The largest absolute Gasteiger partial charge is 0.371 e. The molecule has 3 aromatic rings. The SMILES string of the molecule is Cn1cc(-c2nc(C(=O)Cc3ccc(C4CNCCO4)cc3)cs2)cn1. The van der Waals surface area contributed by atoms with E-state index in [1.54, 1.807) is 10.9 Å². The maximum absolute atomic E-state index is 12.5. The fraction of sp³-hybridized carbons (Fsp3) is 0.316. The van der Waals surface area contributed by atoms with Crippen molar-refractivity contribution >= 4 is 17.1 Å². The molecule has 1 aliphatic rings. The lowest BCUT2D eigenvalue weighted by atomic mass is 10.0. The predicted octanol–water partition coefficient (Wildman–Crippen LogP) is 2.63. The normalized spacial score (nSPS) is 17.3. The van der Waals surface area contributed by atoms with Gasteiger partial charge in [0.15, 0.2) is 5.78 Å². The van der Waals surface area contributed by atoms with Gasteiger partial charge in [0, 0.05) is 43.7 Å². The second kappa shape index (κ2) is 7.49. The average Bonchev–Trinajstić information content (AvgIpc) is 3.32. The van der Waals surface area contributed by atoms with Gasteiger partial charge in [0.25, 0.3) is 0 Å². The summed E-state index contributed by atoms with van der Waals surface area (Å²) in [6.45, 7) is 2.46. The van der Waals surface area contributed by atoms with Crippen molar-refractivity contribution < 1.29 is 9.53 Å². The monoisotopic (exact) mass is 368 g/mol. The lowest BCUT2D eigenvalue weighted by molar-refractivity contribution is 0.0277. The Bertz CT molecular complexity index is 894. The van der Waals surface area contributed by atoms with Crippen LogP contribution in [-0.2, 0) is 18.2 Å². The molecule has 7 heteroatoms. The molecule has 0 bridgehead atoms. The highest BCUT2D eigenvalue weighted by molar-refractivity contribution is 7.13. The number of aromatic nitrogens is 3. The van der Waals surface area contributed by atoms with Crippen molar-refractivity contribution in [3.63, 3.8) is 0 Å². The fourth-order valence-corrected chi connectivity index (χ4v) is 3.77. The summed E-state index contributed by atoms with van der Waals surface area (Å²) >= 11 is 1.47. The van der Waals surface area contributed by atoms with Crippen LogP contribution >= 0.6 is 11.3 Å². The summed E-state index contributed by atoms with van der Waals surface area (Å²) in [7, 11) is 1.86. The van der Waals surface area contributed by atoms with E-state index in [1.807, 2.05) is 42.9 Å². The Balaban J connectivity index is 1.42. The highest BCUT2D eigenvalue weighted by Gasteiger charge is 2.17. The molecule has 3 heterocycles. The van der Waals surface area contributed by atoms with E-state index in [2.05, 4.69) is 15.4 Å². The second-order valence-corrected chi connectivity index (χ2v) is 7.20. The number of ether oxygens (including phenoxy) is 1. The van der Waals surface area contributed by atoms with Gasteiger partial charge in [-0.05, 0) is 11.1 Å². The highest BCUT2D eigenvalue weighted by Crippen LogP contribution is 2.24. The lowest BCUT2D eigenvalue weighted by Crippen LogP contribution is -2.33. The number of thiazole rings is 1. The first-order chi connectivity index (χ1) is 12.7. The van der Waals surface area contributed by atoms with Crippen molar-refractivity contribution in [1.82, 2.24) is 20.1 Å². The van der Waals surface area contributed by atoms with Gasteiger partial charge in [0.2, 0.25) is 0 Å². The molecule has 26 heavy (non-hydrogen) atoms. The van der Waals surface area contributed by atoms with E-state index in [4.69, 9.17) is 4.74 Å². The zero-order valence-electron chi connectivity index (χ0n) is 14.5. The summed E-state index contributed by atoms with van der Waals surface area (Å²) in [4.78, 5) is 17.0. The summed E-state index contributed by atoms with van der Waals surface area (Å²) in [5.74, 6) is 0.0275. The molecular weight excluding hydrogens is 348 g/mol. The first kappa shape index (κ1) is 17.1. The minimum atomic E-state index is 0.0275. The Morgan fingerprint density at radius 3 is 2.92 bits per heavy atom. The van der Waals surface area contributed by atoms with E-state index in [-0.39, 0.29) is 11.9 Å². The van der Waals surface area contributed by atoms with Crippen LogP contribution in [0.4, 0.5) is 0 Å². The number of nitrogens with one attached hydrogen (secondary N) is 1. The van der Waals surface area contributed by atoms with Gasteiger partial charge in [-0.3, -0.25) is 9.48 Å². The van der Waals surface area contributed by atoms with E-state index in [0.29, 0.717) is 12.1 Å². The van der Waals surface area contributed by atoms with Crippen molar-refractivity contribution in [3.8, 4) is 10.6 Å². The van der Waals surface area contributed by atoms with Gasteiger partial charge < -0.3 is 10.1 Å². The molecule has 0 amide bonds. The number of hydrogen-bond acceptors (Lipinski definition) is 6. The van der Waals surface area contributed by atoms with E-state index < -0.39 is 0 Å². The predicted molar refractivity (Wildman–Crippen MR) is 100 cm³/mol. The quantitative estimate of drug-likeness (QED) is 0.701. The second-order valence-electron chi connectivity index (χ2n) is 6.35. The zero-order valence-corrected chi connectivity index (χ0v) is 15.3. The third kappa shape index (κ3) is 3.75. The van der Waals surface area contributed by atoms with E-state index in [9.17, 15) is 4.79 Å². The molecule has 0 saturated carbocycles. The van der Waals surface area contributed by atoms with Crippen LogP contribution in [0.25, 0.3) is 10.6 Å². The molecule has 1 aliphatic heterocycles. The third-order valence-corrected chi connectivity index (χ3v) is 5.28. The molecule has 134 valence electrons. The average molecular weight is 368 g/mol. The molecule has 1 aromatic carbocycles. The maximum atomic E-state index is 12.5. The van der Waals surface area contributed by atoms with Gasteiger partial charge in [-0.2, -0.15) is 5.10 Å². The highest BCUT2D eigenvalue weighted by atomic mass is 32.1. The molecule has 0 radical (unpaired) electrons. The van der Waals surface area contributed by atoms with Crippen LogP contribution in [0.15, 0.2) is 42.0 Å². The topological polar surface area (TPSA) is 69.0 Å². The van der Waals surface area contributed by atoms with Crippen LogP contribution in [0.3, 0.4) is 0 Å². The minimum absolute atomic E-state index is 0.0275. The van der Waals surface area contributed by atoms with Gasteiger partial charge in [-0.15, -0.1) is 11.3 Å². The molecule has 0 spiro atoms. The number of nitrogens with zero attached hydrogens (tertiary/aromatic N) is 3. The van der Waals surface area contributed by atoms with Gasteiger partial charge in [0.1, 0.15) is 10.7 Å². The zero-order chi connectivity index (χ0) is 17.9. The van der Waals surface area contributed by atoms with Gasteiger partial charge in [-0.25, -0.2) is 4.98 Å². The standard InChI is InChI=1S/C19H20N4O2S/c1-23-11-15(9-21-23)19-22-16(12-26-19)17(24)8-13-2-4-14(5-3-13)18-10-20-6-7-25-18/h2-5,9,11-12,18,20H,6-8,10H2,1H3. The number of carbonyl (C=O) groups excluding carboxylic acids is 1. The minimum Gasteiger partial charge on any atom is -0.371 e. The molecular formula is C19H20N4O2S. The van der Waals surface area contributed by atoms with Crippen molar-refractivity contribution in [2.24, 2.45) is 7.05 Å². The number of aryl methyl sites for hydroxylation is 1. The Morgan fingerprint density at radius 1 is 1.38 bits per heavy atom. The number of hydrogen-bond donors (Lipinski definition) is 1. The summed E-state index contributed by atoms with van der Waals surface area (Å²) < 4.78 is 7.48. The molecule has 2 aromatic heterocycles. The molecule has 6 nitrogen and oxygen atoms in total. The first-order valence-electron chi connectivity index (χ1n) is 8.58. The number of rotatable bonds is 5. The van der Waals surface area contributed by atoms with Crippen molar-refractivity contribution in [1.29, 1.82) is 0 Å². The Labute approximate surface area is 155 Å². The molecule has 0 aliphatic carbocycles. The Hall–Kier alpha value is -2.35. The number of ketones is 1. The smallest absolute Gasteiger partial charge is 0.186 e. The van der Waals surface area contributed by atoms with Crippen LogP contribution < -0.4 is 5.32 Å². The summed E-state index contributed by atoms with van der Waals surface area (Å²) in [5, 5.41) is 10.1. The Kier molecular flexibility index (Phi) is 4.92. The Morgan fingerprint density at radius 2 is 2.23 bits per heavy atom. The van der Waals surface area contributed by atoms with Crippen LogP contribution in [0.1, 0.15) is 27.7 Å². The number of carbonyl (C=O) groups is 1. The number of benzene rings is 1. The van der Waals surface area contributed by atoms with Crippen LogP contribution in [0.2, 0.25) is 0 Å². The molecule has 1 saturated heterocycles. The van der Waals surface area contributed by atoms with Gasteiger partial charge in [-0.1, -0.05) is 24.3 Å².